The molecule has 21 rings (SSSR count). The highest BCUT2D eigenvalue weighted by atomic mass is 35.5. The molecular formula is C101H99ClN16O4. The van der Waals surface area contributed by atoms with Crippen LogP contribution in [0.25, 0.3) is 122 Å². The van der Waals surface area contributed by atoms with E-state index in [4.69, 9.17) is 11.6 Å². The molecule has 0 atom stereocenters. The van der Waals surface area contributed by atoms with Crippen molar-refractivity contribution >= 4 is 66.0 Å². The maximum absolute atomic E-state index is 13.0. The Morgan fingerprint density at radius 2 is 0.533 bits per heavy atom. The lowest BCUT2D eigenvalue weighted by Crippen LogP contribution is -2.24. The SMILES string of the molecule is Cc1ccc(-c2ccn(-c3ccc4c(cnn4CCN4CCCC4)c3)c(=O)c2)cc1.O=c1cc(-c2ccc(Cl)cc2)ccn1-c1ccc2c(cnn2CCN2CCCC2)c1.O=c1cc(-c2ccc3ccccc3c2)ccn1-c1ccc2c(cnn2CCN2CCCC2)c1.O=c1cc(-c2ccccc2)ccn1-c1ccc2c(cnn2CCN2CCCC2)c1. The van der Waals surface area contributed by atoms with Crippen molar-refractivity contribution in [3.05, 3.63) is 344 Å². The van der Waals surface area contributed by atoms with Gasteiger partial charge in [0.2, 0.25) is 0 Å². The summed E-state index contributed by atoms with van der Waals surface area (Å²) in [6.07, 6.45) is 25.4. The first-order valence-corrected chi connectivity index (χ1v) is 43.3. The molecule has 0 saturated carbocycles. The van der Waals surface area contributed by atoms with Gasteiger partial charge in [-0.05, 0) is 281 Å². The molecule has 17 aromatic rings. The summed E-state index contributed by atoms with van der Waals surface area (Å²) in [7, 11) is 0. The summed E-state index contributed by atoms with van der Waals surface area (Å²) in [5.74, 6) is 0. The van der Waals surface area contributed by atoms with Crippen molar-refractivity contribution in [3.8, 4) is 67.3 Å². The summed E-state index contributed by atoms with van der Waals surface area (Å²) in [5, 5.41) is 25.6. The van der Waals surface area contributed by atoms with Gasteiger partial charge in [0.1, 0.15) is 0 Å². The van der Waals surface area contributed by atoms with Crippen LogP contribution in [0.1, 0.15) is 56.9 Å². The summed E-state index contributed by atoms with van der Waals surface area (Å²) in [6.45, 7) is 19.4. The third-order valence-electron chi connectivity index (χ3n) is 24.4. The van der Waals surface area contributed by atoms with Gasteiger partial charge in [0.25, 0.3) is 22.2 Å². The average molecular weight is 1640 g/mol. The number of likely N-dealkylation sites (tertiary alicyclic amines) is 4. The number of fused-ring (bicyclic) bond motifs is 5. The van der Waals surface area contributed by atoms with Crippen LogP contribution in [0.15, 0.2) is 311 Å². The minimum Gasteiger partial charge on any atom is -0.301 e. The number of rotatable bonds is 20. The lowest BCUT2D eigenvalue weighted by Gasteiger charge is -2.14. The molecule has 4 aliphatic heterocycles. The number of hydrogen-bond acceptors (Lipinski definition) is 12. The van der Waals surface area contributed by atoms with Crippen molar-refractivity contribution < 1.29 is 0 Å². The van der Waals surface area contributed by atoms with E-state index < -0.39 is 0 Å². The molecule has 0 aliphatic carbocycles. The number of hydrogen-bond donors (Lipinski definition) is 0. The number of pyridine rings is 4. The number of nitrogens with zero attached hydrogens (tertiary/aromatic N) is 16. The molecule has 122 heavy (non-hydrogen) atoms. The van der Waals surface area contributed by atoms with Gasteiger partial charge in [-0.15, -0.1) is 0 Å². The molecule has 0 spiro atoms. The van der Waals surface area contributed by atoms with Crippen molar-refractivity contribution in [3.63, 3.8) is 0 Å². The van der Waals surface area contributed by atoms with Crippen LogP contribution in [-0.2, 0) is 26.2 Å². The monoisotopic (exact) mass is 1630 g/mol. The Morgan fingerprint density at radius 1 is 0.254 bits per heavy atom. The van der Waals surface area contributed by atoms with Gasteiger partial charge < -0.3 is 19.6 Å². The molecule has 0 N–H and O–H groups in total. The normalized spacial score (nSPS) is 14.5. The Kier molecular flexibility index (Phi) is 24.3. The highest BCUT2D eigenvalue weighted by Gasteiger charge is 2.19. The van der Waals surface area contributed by atoms with Gasteiger partial charge in [-0.2, -0.15) is 20.4 Å². The first-order chi connectivity index (χ1) is 59.9. The van der Waals surface area contributed by atoms with E-state index in [-0.39, 0.29) is 22.2 Å². The summed E-state index contributed by atoms with van der Waals surface area (Å²) < 4.78 is 15.0. The Labute approximate surface area is 713 Å². The molecule has 4 aliphatic rings. The summed E-state index contributed by atoms with van der Waals surface area (Å²) in [6, 6.07) is 79.4. The van der Waals surface area contributed by atoms with Gasteiger partial charge in [-0.3, -0.25) is 56.2 Å². The smallest absolute Gasteiger partial charge is 0.255 e. The van der Waals surface area contributed by atoms with E-state index in [2.05, 4.69) is 145 Å². The van der Waals surface area contributed by atoms with Crippen LogP contribution < -0.4 is 22.2 Å². The average Bonchev–Trinajstić information content (AvgIpc) is 1.49. The third-order valence-corrected chi connectivity index (χ3v) is 24.6. The Morgan fingerprint density at radius 3 is 0.861 bits per heavy atom. The van der Waals surface area contributed by atoms with Crippen molar-refractivity contribution in [1.82, 2.24) is 77.0 Å². The molecule has 21 heteroatoms. The molecule has 614 valence electrons. The fourth-order valence-corrected chi connectivity index (χ4v) is 17.6. The largest absolute Gasteiger partial charge is 0.301 e. The Bertz CT molecular complexity index is 6590. The third kappa shape index (κ3) is 18.5. The highest BCUT2D eigenvalue weighted by Crippen LogP contribution is 2.30. The molecule has 0 amide bonds. The predicted octanol–water partition coefficient (Wildman–Crippen LogP) is 17.9. The van der Waals surface area contributed by atoms with E-state index in [0.29, 0.717) is 5.02 Å². The Balaban J connectivity index is 0.000000111. The fraction of sp³-hybridized carbons (Fsp3) is 0.248. The fourth-order valence-electron chi connectivity index (χ4n) is 17.5. The van der Waals surface area contributed by atoms with Gasteiger partial charge in [0.15, 0.2) is 0 Å². The number of halogens is 1. The maximum atomic E-state index is 13.0. The minimum absolute atomic E-state index is 0.0335. The molecule has 12 heterocycles. The zero-order valence-corrected chi connectivity index (χ0v) is 69.6. The van der Waals surface area contributed by atoms with Gasteiger partial charge in [0, 0.05) is 125 Å². The van der Waals surface area contributed by atoms with Gasteiger partial charge >= 0.3 is 0 Å². The second-order valence-corrected chi connectivity index (χ2v) is 32.9. The lowest BCUT2D eigenvalue weighted by molar-refractivity contribution is 0.318. The van der Waals surface area contributed by atoms with Crippen LogP contribution in [0.5, 0.6) is 0 Å². The standard InChI is InChI=1S/C28H26N4O.C25H26N4O.C24H23ClN4O.C24H24N4O/c33-28-19-24(23-8-7-21-5-1-2-6-22(21)17-23)11-14-31(28)26-9-10-27-25(18-26)20-29-32(27)16-15-30-12-3-4-13-30;1-19-4-6-20(7-5-19)21-10-13-28(25(30)17-21)23-8-9-24-22(16-23)18-26-29(24)15-14-27-11-2-3-12-27;25-21-5-3-18(4-6-21)19-9-12-28(24(30)16-19)22-7-8-23-20(15-22)17-26-29(23)14-13-27-10-1-2-11-27;29-24-17-20(19-6-2-1-3-7-19)10-13-27(24)22-8-9-23-21(16-22)18-25-28(23)15-14-26-11-4-5-12-26/h1-2,5-11,14,17-20H,3-4,12-13,15-16H2;4-10,13,16-18H,2-3,11-12,14-15H2,1H3;3-9,12,15-17H,1-2,10-11,13-14H2;1-3,6-10,13,16-18H,4-5,11-12,14-15H2. The van der Waals surface area contributed by atoms with Crippen molar-refractivity contribution in [1.29, 1.82) is 0 Å². The van der Waals surface area contributed by atoms with E-state index >= 15 is 0 Å². The molecule has 0 bridgehead atoms. The zero-order valence-electron chi connectivity index (χ0n) is 68.8. The van der Waals surface area contributed by atoms with E-state index in [0.717, 1.165) is 163 Å². The van der Waals surface area contributed by atoms with Gasteiger partial charge in [-0.25, -0.2) is 0 Å². The van der Waals surface area contributed by atoms with Crippen LogP contribution >= 0.6 is 11.6 Å². The van der Waals surface area contributed by atoms with E-state index in [1.807, 2.05) is 189 Å². The molecule has 9 aromatic carbocycles. The minimum atomic E-state index is -0.0665. The molecule has 4 saturated heterocycles. The lowest BCUT2D eigenvalue weighted by atomic mass is 10.0. The van der Waals surface area contributed by atoms with Crippen molar-refractivity contribution in [2.45, 2.75) is 84.5 Å². The van der Waals surface area contributed by atoms with Gasteiger partial charge in [-0.1, -0.05) is 120 Å². The van der Waals surface area contributed by atoms with Crippen LogP contribution in [-0.4, -0.2) is 156 Å². The number of aromatic nitrogens is 12. The van der Waals surface area contributed by atoms with Crippen molar-refractivity contribution in [2.75, 3.05) is 78.5 Å². The molecule has 4 fully saturated rings. The number of aryl methyl sites for hydroxylation is 1. The van der Waals surface area contributed by atoms with E-state index in [9.17, 15) is 19.2 Å². The first-order valence-electron chi connectivity index (χ1n) is 42.9. The quantitative estimate of drug-likeness (QED) is 0.0708. The topological polar surface area (TPSA) is 172 Å². The van der Waals surface area contributed by atoms with E-state index in [1.54, 1.807) is 42.5 Å². The summed E-state index contributed by atoms with van der Waals surface area (Å²) >= 11 is 5.96. The first kappa shape index (κ1) is 80.1. The van der Waals surface area contributed by atoms with Crippen LogP contribution in [0.3, 0.4) is 0 Å². The van der Waals surface area contributed by atoms with E-state index in [1.165, 1.54) is 120 Å². The van der Waals surface area contributed by atoms with Crippen LogP contribution in [0, 0.1) is 6.92 Å². The summed E-state index contributed by atoms with van der Waals surface area (Å²) in [4.78, 5) is 61.3. The molecule has 0 unspecified atom stereocenters. The van der Waals surface area contributed by atoms with Crippen LogP contribution in [0.4, 0.5) is 0 Å². The molecule has 0 radical (unpaired) electrons. The maximum Gasteiger partial charge on any atom is 0.255 e. The second-order valence-electron chi connectivity index (χ2n) is 32.4. The molecule has 8 aromatic heterocycles. The summed E-state index contributed by atoms with van der Waals surface area (Å²) in [5.41, 5.74) is 16.7. The zero-order chi connectivity index (χ0) is 82.8. The second kappa shape index (κ2) is 37.0. The Hall–Kier alpha value is -13.0. The van der Waals surface area contributed by atoms with Gasteiger partial charge in [0.05, 0.1) is 73.0 Å². The highest BCUT2D eigenvalue weighted by molar-refractivity contribution is 6.30. The molecule has 20 nitrogen and oxygen atoms in total. The predicted molar refractivity (Wildman–Crippen MR) is 493 cm³/mol. The number of benzene rings is 9. The molecular weight excluding hydrogens is 1540 g/mol. The van der Waals surface area contributed by atoms with Crippen LogP contribution in [0.2, 0.25) is 5.02 Å². The van der Waals surface area contributed by atoms with Crippen molar-refractivity contribution in [2.24, 2.45) is 0 Å².